The molecule has 23 heavy (non-hydrogen) atoms. The SMILES string of the molecule is CCNc1nnc([C@@H]2CC[C@H](Cc3nnc(NC(C)=O)s3)C2)s1. The predicted molar refractivity (Wildman–Crippen MR) is 92.1 cm³/mol. The second-order valence-corrected chi connectivity index (χ2v) is 7.81. The summed E-state index contributed by atoms with van der Waals surface area (Å²) in [6, 6.07) is 0. The number of nitrogens with one attached hydrogen (secondary N) is 2. The fourth-order valence-electron chi connectivity index (χ4n) is 2.89. The van der Waals surface area contributed by atoms with Gasteiger partial charge in [0.15, 0.2) is 0 Å². The van der Waals surface area contributed by atoms with Gasteiger partial charge in [0.25, 0.3) is 0 Å². The Morgan fingerprint density at radius 3 is 2.78 bits per heavy atom. The van der Waals surface area contributed by atoms with E-state index < -0.39 is 0 Å². The van der Waals surface area contributed by atoms with Crippen molar-refractivity contribution in [3.63, 3.8) is 0 Å². The molecule has 2 N–H and O–H groups in total. The first-order valence-electron chi connectivity index (χ1n) is 7.81. The molecule has 1 aliphatic carbocycles. The number of carbonyl (C=O) groups is 1. The maximum atomic E-state index is 11.0. The zero-order chi connectivity index (χ0) is 16.2. The number of hydrogen-bond acceptors (Lipinski definition) is 8. The van der Waals surface area contributed by atoms with Crippen molar-refractivity contribution < 1.29 is 4.79 Å². The topological polar surface area (TPSA) is 92.7 Å². The molecule has 0 unspecified atom stereocenters. The molecule has 9 heteroatoms. The van der Waals surface area contributed by atoms with E-state index in [0.29, 0.717) is 17.0 Å². The van der Waals surface area contributed by atoms with Gasteiger partial charge in [0.05, 0.1) is 0 Å². The smallest absolute Gasteiger partial charge is 0.223 e. The lowest BCUT2D eigenvalue weighted by Gasteiger charge is -2.06. The first-order valence-corrected chi connectivity index (χ1v) is 9.44. The molecular weight excluding hydrogens is 332 g/mol. The highest BCUT2D eigenvalue weighted by Gasteiger charge is 2.29. The zero-order valence-electron chi connectivity index (χ0n) is 13.2. The maximum Gasteiger partial charge on any atom is 0.223 e. The number of anilines is 2. The van der Waals surface area contributed by atoms with Gasteiger partial charge >= 0.3 is 0 Å². The zero-order valence-corrected chi connectivity index (χ0v) is 14.8. The third-order valence-electron chi connectivity index (χ3n) is 3.87. The van der Waals surface area contributed by atoms with Crippen LogP contribution >= 0.6 is 22.7 Å². The number of aromatic nitrogens is 4. The number of nitrogens with zero attached hydrogens (tertiary/aromatic N) is 4. The third-order valence-corrected chi connectivity index (χ3v) is 5.78. The summed E-state index contributed by atoms with van der Waals surface area (Å²) < 4.78 is 0. The lowest BCUT2D eigenvalue weighted by molar-refractivity contribution is -0.114. The van der Waals surface area contributed by atoms with Gasteiger partial charge in [-0.25, -0.2) is 0 Å². The fourth-order valence-corrected chi connectivity index (χ4v) is 4.75. The maximum absolute atomic E-state index is 11.0. The second-order valence-electron chi connectivity index (χ2n) is 5.74. The molecule has 0 aliphatic heterocycles. The van der Waals surface area contributed by atoms with E-state index in [-0.39, 0.29) is 5.91 Å². The summed E-state index contributed by atoms with van der Waals surface area (Å²) in [6.45, 7) is 4.41. The van der Waals surface area contributed by atoms with Crippen LogP contribution in [-0.4, -0.2) is 32.8 Å². The molecule has 1 fully saturated rings. The largest absolute Gasteiger partial charge is 0.360 e. The molecule has 0 aromatic carbocycles. The average molecular weight is 352 g/mol. The van der Waals surface area contributed by atoms with Crippen LogP contribution in [0, 0.1) is 5.92 Å². The molecule has 7 nitrogen and oxygen atoms in total. The molecule has 2 heterocycles. The van der Waals surface area contributed by atoms with Crippen molar-refractivity contribution in [1.82, 2.24) is 20.4 Å². The van der Waals surface area contributed by atoms with Gasteiger partial charge in [0, 0.05) is 25.8 Å². The van der Waals surface area contributed by atoms with Crippen molar-refractivity contribution in [3.05, 3.63) is 10.0 Å². The molecule has 2 aromatic rings. The lowest BCUT2D eigenvalue weighted by Crippen LogP contribution is -2.04. The Morgan fingerprint density at radius 1 is 1.17 bits per heavy atom. The summed E-state index contributed by atoms with van der Waals surface area (Å²) in [5.41, 5.74) is 0. The minimum absolute atomic E-state index is 0.110. The summed E-state index contributed by atoms with van der Waals surface area (Å²) in [7, 11) is 0. The minimum atomic E-state index is -0.110. The van der Waals surface area contributed by atoms with Gasteiger partial charge in [0.2, 0.25) is 16.2 Å². The van der Waals surface area contributed by atoms with E-state index in [1.54, 1.807) is 11.3 Å². The molecule has 0 radical (unpaired) electrons. The van der Waals surface area contributed by atoms with E-state index in [9.17, 15) is 4.79 Å². The Bertz CT molecular complexity index is 670. The minimum Gasteiger partial charge on any atom is -0.360 e. The van der Waals surface area contributed by atoms with E-state index in [2.05, 4.69) is 38.0 Å². The molecule has 1 amide bonds. The van der Waals surface area contributed by atoms with Crippen molar-refractivity contribution in [2.75, 3.05) is 17.2 Å². The molecule has 0 spiro atoms. The van der Waals surface area contributed by atoms with Gasteiger partial charge in [-0.15, -0.1) is 20.4 Å². The van der Waals surface area contributed by atoms with E-state index in [1.165, 1.54) is 24.7 Å². The standard InChI is InChI=1S/C14H20N6OS2/c1-3-15-13-19-18-12(23-13)10-5-4-9(6-10)7-11-17-20-14(22-11)16-8(2)21/h9-10H,3-7H2,1-2H3,(H,15,19)(H,16,20,21)/t9-,10+/m0/s1. The summed E-state index contributed by atoms with van der Waals surface area (Å²) in [4.78, 5) is 11.0. The van der Waals surface area contributed by atoms with Crippen LogP contribution in [0.4, 0.5) is 10.3 Å². The monoisotopic (exact) mass is 352 g/mol. The number of carbonyl (C=O) groups excluding carboxylic acids is 1. The Morgan fingerprint density at radius 2 is 2.00 bits per heavy atom. The Balaban J connectivity index is 1.54. The van der Waals surface area contributed by atoms with Crippen molar-refractivity contribution in [1.29, 1.82) is 0 Å². The van der Waals surface area contributed by atoms with Crippen molar-refractivity contribution >= 4 is 38.8 Å². The van der Waals surface area contributed by atoms with Crippen molar-refractivity contribution in [2.24, 2.45) is 5.92 Å². The van der Waals surface area contributed by atoms with Crippen LogP contribution in [-0.2, 0) is 11.2 Å². The quantitative estimate of drug-likeness (QED) is 0.830. The molecule has 124 valence electrons. The van der Waals surface area contributed by atoms with E-state index in [0.717, 1.165) is 41.0 Å². The van der Waals surface area contributed by atoms with E-state index in [1.807, 2.05) is 0 Å². The molecule has 0 bridgehead atoms. The van der Waals surface area contributed by atoms with Crippen LogP contribution < -0.4 is 10.6 Å². The van der Waals surface area contributed by atoms with Crippen LogP contribution in [0.3, 0.4) is 0 Å². The summed E-state index contributed by atoms with van der Waals surface area (Å²) in [6.07, 6.45) is 4.38. The Hall–Kier alpha value is -1.61. The van der Waals surface area contributed by atoms with Crippen LogP contribution in [0.5, 0.6) is 0 Å². The van der Waals surface area contributed by atoms with Gasteiger partial charge < -0.3 is 10.6 Å². The molecule has 2 aromatic heterocycles. The number of rotatable bonds is 6. The van der Waals surface area contributed by atoms with E-state index >= 15 is 0 Å². The lowest BCUT2D eigenvalue weighted by atomic mass is 10.0. The summed E-state index contributed by atoms with van der Waals surface area (Å²) in [5.74, 6) is 0.999. The van der Waals surface area contributed by atoms with Gasteiger partial charge in [0.1, 0.15) is 10.0 Å². The second kappa shape index (κ2) is 7.31. The van der Waals surface area contributed by atoms with Gasteiger partial charge in [-0.1, -0.05) is 22.7 Å². The highest BCUT2D eigenvalue weighted by atomic mass is 32.1. The van der Waals surface area contributed by atoms with Crippen molar-refractivity contribution in [3.8, 4) is 0 Å². The van der Waals surface area contributed by atoms with Gasteiger partial charge in [-0.05, 0) is 32.1 Å². The molecule has 3 rings (SSSR count). The number of hydrogen-bond donors (Lipinski definition) is 2. The number of amides is 1. The normalized spacial score (nSPS) is 20.6. The molecule has 2 atom stereocenters. The van der Waals surface area contributed by atoms with Crippen LogP contribution in [0.1, 0.15) is 49.0 Å². The van der Waals surface area contributed by atoms with Crippen LogP contribution in [0.25, 0.3) is 0 Å². The molecule has 0 saturated heterocycles. The average Bonchev–Trinajstić information content (AvgIpc) is 3.20. The fraction of sp³-hybridized carbons (Fsp3) is 0.643. The van der Waals surface area contributed by atoms with E-state index in [4.69, 9.17) is 0 Å². The predicted octanol–water partition coefficient (Wildman–Crippen LogP) is 2.91. The first kappa shape index (κ1) is 16.3. The first-order chi connectivity index (χ1) is 11.1. The highest BCUT2D eigenvalue weighted by molar-refractivity contribution is 7.15. The molecule has 1 saturated carbocycles. The van der Waals surface area contributed by atoms with Gasteiger partial charge in [-0.2, -0.15) is 0 Å². The van der Waals surface area contributed by atoms with Crippen LogP contribution in [0.15, 0.2) is 0 Å². The Labute approximate surface area is 142 Å². The third kappa shape index (κ3) is 4.23. The van der Waals surface area contributed by atoms with Crippen molar-refractivity contribution in [2.45, 2.75) is 45.4 Å². The highest BCUT2D eigenvalue weighted by Crippen LogP contribution is 2.41. The van der Waals surface area contributed by atoms with Gasteiger partial charge in [-0.3, -0.25) is 4.79 Å². The summed E-state index contributed by atoms with van der Waals surface area (Å²) in [5, 5.41) is 26.2. The molecule has 1 aliphatic rings. The Kier molecular flexibility index (Phi) is 5.16. The molecular formula is C14H20N6OS2. The van der Waals surface area contributed by atoms with Crippen LogP contribution in [0.2, 0.25) is 0 Å². The summed E-state index contributed by atoms with van der Waals surface area (Å²) >= 11 is 3.13.